The number of piperidine rings is 1. The second-order valence-corrected chi connectivity index (χ2v) is 5.73. The average molecular weight is 455 g/mol. The number of benzene rings is 1. The van der Waals surface area contributed by atoms with Gasteiger partial charge in [0.25, 0.3) is 0 Å². The monoisotopic (exact) mass is 455 g/mol. The molecule has 1 aromatic rings. The van der Waals surface area contributed by atoms with Crippen LogP contribution in [0.15, 0.2) is 23.2 Å². The van der Waals surface area contributed by atoms with Gasteiger partial charge in [0.05, 0.1) is 13.7 Å². The fourth-order valence-corrected chi connectivity index (χ4v) is 2.68. The number of nitrogens with two attached hydrogens (primary N) is 1. The first-order chi connectivity index (χ1) is 11.0. The Morgan fingerprint density at radius 3 is 2.79 bits per heavy atom. The van der Waals surface area contributed by atoms with Gasteiger partial charge in [-0.15, -0.1) is 24.0 Å². The largest absolute Gasteiger partial charge is 0.493 e. The molecule has 1 aromatic carbocycles. The molecule has 8 heteroatoms. The molecule has 136 valence electrons. The minimum atomic E-state index is -2.90. The van der Waals surface area contributed by atoms with Crippen LogP contribution in [0.5, 0.6) is 11.5 Å². The number of guanidine groups is 1. The van der Waals surface area contributed by atoms with Gasteiger partial charge in [-0.05, 0) is 36.5 Å². The molecule has 0 aliphatic carbocycles. The lowest BCUT2D eigenvalue weighted by Crippen LogP contribution is -2.43. The molecule has 1 saturated heterocycles. The van der Waals surface area contributed by atoms with Gasteiger partial charge in [-0.3, -0.25) is 0 Å². The van der Waals surface area contributed by atoms with Crippen LogP contribution in [0.3, 0.4) is 0 Å². The van der Waals surface area contributed by atoms with E-state index in [4.69, 9.17) is 10.5 Å². The number of aliphatic imine (C=N–C) groups is 1. The maximum atomic E-state index is 12.4. The number of nitrogens with zero attached hydrogens (tertiary/aromatic N) is 2. The van der Waals surface area contributed by atoms with Gasteiger partial charge in [-0.25, -0.2) is 4.99 Å². The highest BCUT2D eigenvalue weighted by Gasteiger charge is 2.17. The molecule has 0 radical (unpaired) electrons. The molecule has 0 spiro atoms. The Morgan fingerprint density at radius 1 is 1.42 bits per heavy atom. The standard InChI is InChI=1S/C16H23F2N3O2.HI/c1-11-4-3-7-21(10-11)16(19)20-9-12-5-6-13(22-2)14(8-12)23-15(17)18;/h5-6,8,11,15H,3-4,7,9-10H2,1-2H3,(H2,19,20);1H. The van der Waals surface area contributed by atoms with Crippen LogP contribution in [-0.2, 0) is 6.54 Å². The molecule has 2 rings (SSSR count). The Balaban J connectivity index is 0.00000288. The Labute approximate surface area is 158 Å². The van der Waals surface area contributed by atoms with Gasteiger partial charge in [-0.2, -0.15) is 8.78 Å². The van der Waals surface area contributed by atoms with Gasteiger partial charge in [0.1, 0.15) is 0 Å². The van der Waals surface area contributed by atoms with Crippen molar-refractivity contribution in [3.63, 3.8) is 0 Å². The fourth-order valence-electron chi connectivity index (χ4n) is 2.68. The Kier molecular flexibility index (Phi) is 8.51. The molecule has 0 saturated carbocycles. The Morgan fingerprint density at radius 2 is 2.17 bits per heavy atom. The van der Waals surface area contributed by atoms with Crippen LogP contribution >= 0.6 is 24.0 Å². The molecule has 24 heavy (non-hydrogen) atoms. The molecule has 2 N–H and O–H groups in total. The third kappa shape index (κ3) is 5.95. The van der Waals surface area contributed by atoms with Crippen molar-refractivity contribution in [1.82, 2.24) is 4.90 Å². The minimum absolute atomic E-state index is 0. The molecule has 1 aliphatic heterocycles. The van der Waals surface area contributed by atoms with Crippen molar-refractivity contribution < 1.29 is 18.3 Å². The summed E-state index contributed by atoms with van der Waals surface area (Å²) in [5.41, 5.74) is 6.76. The summed E-state index contributed by atoms with van der Waals surface area (Å²) < 4.78 is 34.3. The zero-order chi connectivity index (χ0) is 16.8. The van der Waals surface area contributed by atoms with Crippen LogP contribution in [0.25, 0.3) is 0 Å². The van der Waals surface area contributed by atoms with E-state index in [2.05, 4.69) is 21.6 Å². The minimum Gasteiger partial charge on any atom is -0.493 e. The van der Waals surface area contributed by atoms with Crippen molar-refractivity contribution in [3.8, 4) is 11.5 Å². The zero-order valence-corrected chi connectivity index (χ0v) is 16.2. The molecular weight excluding hydrogens is 431 g/mol. The van der Waals surface area contributed by atoms with E-state index < -0.39 is 6.61 Å². The van der Waals surface area contributed by atoms with E-state index in [1.54, 1.807) is 12.1 Å². The summed E-state index contributed by atoms with van der Waals surface area (Å²) in [6.45, 7) is 1.40. The van der Waals surface area contributed by atoms with E-state index in [9.17, 15) is 8.78 Å². The predicted molar refractivity (Wildman–Crippen MR) is 100 cm³/mol. The Bertz CT molecular complexity index is 558. The summed E-state index contributed by atoms with van der Waals surface area (Å²) in [5.74, 6) is 1.35. The molecular formula is C16H24F2IN3O2. The van der Waals surface area contributed by atoms with Crippen LogP contribution in [0.2, 0.25) is 0 Å². The molecule has 5 nitrogen and oxygen atoms in total. The number of ether oxygens (including phenoxy) is 2. The number of alkyl halides is 2. The molecule has 1 unspecified atom stereocenters. The summed E-state index contributed by atoms with van der Waals surface area (Å²) >= 11 is 0. The fraction of sp³-hybridized carbons (Fsp3) is 0.562. The zero-order valence-electron chi connectivity index (χ0n) is 13.9. The lowest BCUT2D eigenvalue weighted by molar-refractivity contribution is -0.0512. The average Bonchev–Trinajstić information content (AvgIpc) is 2.52. The number of methoxy groups -OCH3 is 1. The maximum Gasteiger partial charge on any atom is 0.387 e. The smallest absolute Gasteiger partial charge is 0.387 e. The van der Waals surface area contributed by atoms with E-state index in [1.807, 2.05) is 0 Å². The summed E-state index contributed by atoms with van der Waals surface area (Å²) in [5, 5.41) is 0. The molecule has 1 atom stereocenters. The molecule has 1 fully saturated rings. The summed E-state index contributed by atoms with van der Waals surface area (Å²) in [6, 6.07) is 4.84. The highest BCUT2D eigenvalue weighted by molar-refractivity contribution is 14.0. The second kappa shape index (κ2) is 9.85. The van der Waals surface area contributed by atoms with E-state index >= 15 is 0 Å². The van der Waals surface area contributed by atoms with Crippen LogP contribution in [0, 0.1) is 5.92 Å². The van der Waals surface area contributed by atoms with E-state index in [0.717, 1.165) is 25.1 Å². The van der Waals surface area contributed by atoms with Crippen molar-refractivity contribution in [3.05, 3.63) is 23.8 Å². The van der Waals surface area contributed by atoms with E-state index in [1.165, 1.54) is 19.6 Å². The van der Waals surface area contributed by atoms with Crippen LogP contribution in [0.1, 0.15) is 25.3 Å². The van der Waals surface area contributed by atoms with Crippen molar-refractivity contribution in [2.75, 3.05) is 20.2 Å². The lowest BCUT2D eigenvalue weighted by Gasteiger charge is -2.31. The van der Waals surface area contributed by atoms with E-state index in [-0.39, 0.29) is 35.5 Å². The van der Waals surface area contributed by atoms with Gasteiger partial charge in [0, 0.05) is 13.1 Å². The van der Waals surface area contributed by atoms with Gasteiger partial charge in [-0.1, -0.05) is 13.0 Å². The third-order valence-electron chi connectivity index (χ3n) is 3.85. The van der Waals surface area contributed by atoms with Crippen LogP contribution < -0.4 is 15.2 Å². The number of hydrogen-bond donors (Lipinski definition) is 1. The maximum absolute atomic E-state index is 12.4. The molecule has 0 amide bonds. The normalized spacial score (nSPS) is 18.3. The first-order valence-electron chi connectivity index (χ1n) is 7.66. The van der Waals surface area contributed by atoms with Gasteiger partial charge in [0.2, 0.25) is 0 Å². The van der Waals surface area contributed by atoms with Crippen molar-refractivity contribution >= 4 is 29.9 Å². The van der Waals surface area contributed by atoms with Crippen LogP contribution in [-0.4, -0.2) is 37.7 Å². The quantitative estimate of drug-likeness (QED) is 0.420. The number of hydrogen-bond acceptors (Lipinski definition) is 3. The second-order valence-electron chi connectivity index (χ2n) is 5.73. The first kappa shape index (κ1) is 20.7. The van der Waals surface area contributed by atoms with Crippen molar-refractivity contribution in [2.24, 2.45) is 16.6 Å². The molecule has 0 bridgehead atoms. The summed E-state index contributed by atoms with van der Waals surface area (Å²) in [7, 11) is 1.40. The van der Waals surface area contributed by atoms with E-state index in [0.29, 0.717) is 18.4 Å². The summed E-state index contributed by atoms with van der Waals surface area (Å²) in [4.78, 5) is 6.43. The molecule has 0 aromatic heterocycles. The highest BCUT2D eigenvalue weighted by Crippen LogP contribution is 2.29. The van der Waals surface area contributed by atoms with Gasteiger partial charge < -0.3 is 20.1 Å². The number of rotatable bonds is 5. The topological polar surface area (TPSA) is 60.1 Å². The molecule has 1 heterocycles. The van der Waals surface area contributed by atoms with Crippen molar-refractivity contribution in [2.45, 2.75) is 32.9 Å². The molecule has 1 aliphatic rings. The lowest BCUT2D eigenvalue weighted by atomic mass is 10.0. The number of halogens is 3. The van der Waals surface area contributed by atoms with Gasteiger partial charge >= 0.3 is 6.61 Å². The number of likely N-dealkylation sites (tertiary alicyclic amines) is 1. The third-order valence-corrected chi connectivity index (χ3v) is 3.85. The van der Waals surface area contributed by atoms with Gasteiger partial charge in [0.15, 0.2) is 17.5 Å². The Hall–Kier alpha value is -1.32. The van der Waals surface area contributed by atoms with Crippen molar-refractivity contribution in [1.29, 1.82) is 0 Å². The first-order valence-corrected chi connectivity index (χ1v) is 7.66. The SMILES string of the molecule is COc1ccc(CN=C(N)N2CCCC(C)C2)cc1OC(F)F.I. The highest BCUT2D eigenvalue weighted by atomic mass is 127. The summed E-state index contributed by atoms with van der Waals surface area (Å²) in [6.07, 6.45) is 2.31. The van der Waals surface area contributed by atoms with Crippen LogP contribution in [0.4, 0.5) is 8.78 Å². The predicted octanol–water partition coefficient (Wildman–Crippen LogP) is 3.46.